The van der Waals surface area contributed by atoms with Crippen molar-refractivity contribution in [3.8, 4) is 11.1 Å². The van der Waals surface area contributed by atoms with Gasteiger partial charge in [-0.3, -0.25) is 0 Å². The zero-order valence-electron chi connectivity index (χ0n) is 30.0. The molecule has 0 aliphatic heterocycles. The number of furan rings is 1. The maximum atomic E-state index is 8.02. The molecule has 0 saturated carbocycles. The van der Waals surface area contributed by atoms with Gasteiger partial charge in [0.15, 0.2) is 0 Å². The number of allylic oxidation sites excluding steroid dienone is 8. The first-order valence-corrected chi connectivity index (χ1v) is 19.0. The SMILES string of the molecule is [C-]#[N+]c1cc(-c2ccc(C3=c4ccccc4=C(C4=CC=C(c5cccc6ccccc56)CC4)C4C=CC=CC34)cc2)cc2c1oc1nc3ccccc3cc12. The van der Waals surface area contributed by atoms with Crippen LogP contribution in [0.5, 0.6) is 0 Å². The lowest BCUT2D eigenvalue weighted by Gasteiger charge is -2.35. The van der Waals surface area contributed by atoms with Gasteiger partial charge in [0.25, 0.3) is 0 Å². The number of pyridine rings is 1. The molecule has 0 spiro atoms. The van der Waals surface area contributed by atoms with Crippen LogP contribution in [0.3, 0.4) is 0 Å². The molecule has 2 aromatic heterocycles. The van der Waals surface area contributed by atoms with Crippen LogP contribution < -0.4 is 10.4 Å². The molecule has 55 heavy (non-hydrogen) atoms. The predicted molar refractivity (Wildman–Crippen MR) is 227 cm³/mol. The average Bonchev–Trinajstić information content (AvgIpc) is 3.61. The first-order chi connectivity index (χ1) is 27.2. The van der Waals surface area contributed by atoms with E-state index in [9.17, 15) is 0 Å². The second-order valence-electron chi connectivity index (χ2n) is 14.8. The van der Waals surface area contributed by atoms with Crippen molar-refractivity contribution in [2.24, 2.45) is 11.8 Å². The number of para-hydroxylation sites is 1. The Balaban J connectivity index is 1.03. The molecule has 0 fully saturated rings. The minimum atomic E-state index is 0.217. The van der Waals surface area contributed by atoms with E-state index in [2.05, 4.69) is 150 Å². The second kappa shape index (κ2) is 12.5. The van der Waals surface area contributed by atoms with E-state index < -0.39 is 0 Å². The summed E-state index contributed by atoms with van der Waals surface area (Å²) in [6, 6.07) is 47.6. The highest BCUT2D eigenvalue weighted by molar-refractivity contribution is 6.12. The summed E-state index contributed by atoms with van der Waals surface area (Å²) >= 11 is 0. The molecule has 0 radical (unpaired) electrons. The van der Waals surface area contributed by atoms with Crippen LogP contribution in [-0.4, -0.2) is 4.98 Å². The Bertz CT molecular complexity index is 3210. The van der Waals surface area contributed by atoms with Gasteiger partial charge >= 0.3 is 0 Å². The van der Waals surface area contributed by atoms with E-state index in [1.165, 1.54) is 54.6 Å². The van der Waals surface area contributed by atoms with Crippen molar-refractivity contribution in [3.05, 3.63) is 208 Å². The topological polar surface area (TPSA) is 30.4 Å². The quantitative estimate of drug-likeness (QED) is 0.171. The van der Waals surface area contributed by atoms with E-state index in [1.807, 2.05) is 24.3 Å². The molecule has 0 amide bonds. The van der Waals surface area contributed by atoms with Crippen LogP contribution in [0.25, 0.3) is 76.4 Å². The van der Waals surface area contributed by atoms with Crippen LogP contribution in [0.4, 0.5) is 5.69 Å². The van der Waals surface area contributed by atoms with Crippen molar-refractivity contribution in [1.29, 1.82) is 0 Å². The molecule has 0 saturated heterocycles. The fourth-order valence-corrected chi connectivity index (χ4v) is 9.28. The molecule has 0 bridgehead atoms. The molecule has 8 aromatic rings. The summed E-state index contributed by atoms with van der Waals surface area (Å²) in [4.78, 5) is 8.67. The summed E-state index contributed by atoms with van der Waals surface area (Å²) in [6.45, 7) is 8.02. The first-order valence-electron chi connectivity index (χ1n) is 19.0. The summed E-state index contributed by atoms with van der Waals surface area (Å²) in [5.74, 6) is 0.464. The predicted octanol–water partition coefficient (Wildman–Crippen LogP) is 12.0. The molecule has 3 heteroatoms. The summed E-state index contributed by atoms with van der Waals surface area (Å²) in [7, 11) is 0. The maximum absolute atomic E-state index is 8.02. The number of rotatable bonds is 4. The van der Waals surface area contributed by atoms with Gasteiger partial charge in [0.2, 0.25) is 11.4 Å². The fraction of sp³-hybridized carbons (Fsp3) is 0.0769. The molecular weight excluding hydrogens is 669 g/mol. The number of hydrogen-bond acceptors (Lipinski definition) is 2. The van der Waals surface area contributed by atoms with Crippen LogP contribution in [0.15, 0.2) is 180 Å². The number of aromatic nitrogens is 1. The highest BCUT2D eigenvalue weighted by atomic mass is 16.3. The highest BCUT2D eigenvalue weighted by Crippen LogP contribution is 2.44. The van der Waals surface area contributed by atoms with Gasteiger partial charge in [-0.25, -0.2) is 9.83 Å². The van der Waals surface area contributed by atoms with E-state index in [4.69, 9.17) is 16.0 Å². The Morgan fingerprint density at radius 3 is 2.04 bits per heavy atom. The van der Waals surface area contributed by atoms with E-state index >= 15 is 0 Å². The molecule has 3 nitrogen and oxygen atoms in total. The molecule has 3 aliphatic rings. The summed E-state index contributed by atoms with van der Waals surface area (Å²) in [6.07, 6.45) is 16.0. The largest absolute Gasteiger partial charge is 0.449 e. The maximum Gasteiger partial charge on any atom is 0.230 e. The van der Waals surface area contributed by atoms with E-state index in [0.717, 1.165) is 45.6 Å². The Morgan fingerprint density at radius 1 is 0.564 bits per heavy atom. The molecule has 11 rings (SSSR count). The molecule has 2 unspecified atom stereocenters. The number of benzene rings is 6. The second-order valence-corrected chi connectivity index (χ2v) is 14.8. The van der Waals surface area contributed by atoms with Gasteiger partial charge in [-0.05, 0) is 103 Å². The minimum absolute atomic E-state index is 0.217. The van der Waals surface area contributed by atoms with Gasteiger partial charge in [0.1, 0.15) is 5.58 Å². The lowest BCUT2D eigenvalue weighted by Crippen LogP contribution is -2.40. The van der Waals surface area contributed by atoms with Gasteiger partial charge in [-0.15, -0.1) is 0 Å². The zero-order chi connectivity index (χ0) is 36.5. The van der Waals surface area contributed by atoms with Crippen LogP contribution in [0.2, 0.25) is 0 Å². The number of fused-ring (bicyclic) bond motifs is 7. The Morgan fingerprint density at radius 2 is 1.24 bits per heavy atom. The monoisotopic (exact) mass is 702 g/mol. The molecule has 2 heterocycles. The van der Waals surface area contributed by atoms with Gasteiger partial charge in [0.05, 0.1) is 12.1 Å². The standard InChI is InChI=1S/C52H34N2O/c1-53-48-31-38(30-45-46-29-37-12-3-9-20-47(37)54-52(46)55-51(45)48)32-21-25-35(26-22-32)49-41-15-5-7-17-43(41)50(44-18-8-6-16-42(44)49)36-27-23-34(24-28-36)40-19-10-13-33-11-2-4-14-39(33)40/h2-23,25-27,29-31,41,43H,24,28H2. The minimum Gasteiger partial charge on any atom is -0.449 e. The summed E-state index contributed by atoms with van der Waals surface area (Å²) in [5.41, 5.74) is 12.8. The van der Waals surface area contributed by atoms with Crippen LogP contribution >= 0.6 is 0 Å². The highest BCUT2D eigenvalue weighted by Gasteiger charge is 2.33. The molecule has 258 valence electrons. The third-order valence-corrected chi connectivity index (χ3v) is 11.8. The zero-order valence-corrected chi connectivity index (χ0v) is 30.0. The lowest BCUT2D eigenvalue weighted by molar-refractivity contribution is 0.657. The summed E-state index contributed by atoms with van der Waals surface area (Å²) in [5, 5.41) is 8.13. The van der Waals surface area contributed by atoms with Crippen LogP contribution in [0, 0.1) is 18.4 Å². The normalized spacial score (nSPS) is 17.7. The smallest absolute Gasteiger partial charge is 0.230 e. The molecule has 3 aliphatic carbocycles. The molecule has 2 atom stereocenters. The third kappa shape index (κ3) is 5.07. The Labute approximate surface area is 318 Å². The van der Waals surface area contributed by atoms with Gasteiger partial charge in [0, 0.05) is 28.0 Å². The Kier molecular flexibility index (Phi) is 7.19. The van der Waals surface area contributed by atoms with Crippen LogP contribution in [0.1, 0.15) is 24.0 Å². The first kappa shape index (κ1) is 31.5. The van der Waals surface area contributed by atoms with Crippen molar-refractivity contribution in [3.63, 3.8) is 0 Å². The molecule has 0 N–H and O–H groups in total. The van der Waals surface area contributed by atoms with Crippen molar-refractivity contribution < 1.29 is 4.42 Å². The van der Waals surface area contributed by atoms with E-state index in [0.29, 0.717) is 17.0 Å². The molecular formula is C52H34N2O. The van der Waals surface area contributed by atoms with E-state index in [-0.39, 0.29) is 11.8 Å². The van der Waals surface area contributed by atoms with Gasteiger partial charge in [-0.1, -0.05) is 146 Å². The lowest BCUT2D eigenvalue weighted by atomic mass is 9.69. The van der Waals surface area contributed by atoms with E-state index in [1.54, 1.807) is 0 Å². The number of nitrogens with zero attached hydrogens (tertiary/aromatic N) is 2. The van der Waals surface area contributed by atoms with Gasteiger partial charge < -0.3 is 4.42 Å². The fourth-order valence-electron chi connectivity index (χ4n) is 9.28. The van der Waals surface area contributed by atoms with Crippen molar-refractivity contribution >= 4 is 66.2 Å². The number of hydrogen-bond donors (Lipinski definition) is 0. The van der Waals surface area contributed by atoms with Gasteiger partial charge in [-0.2, -0.15) is 0 Å². The molecule has 6 aromatic carbocycles. The van der Waals surface area contributed by atoms with Crippen molar-refractivity contribution in [1.82, 2.24) is 4.98 Å². The Hall–Kier alpha value is -7.02. The average molecular weight is 703 g/mol. The van der Waals surface area contributed by atoms with Crippen LogP contribution in [-0.2, 0) is 0 Å². The third-order valence-electron chi connectivity index (χ3n) is 11.8. The summed E-state index contributed by atoms with van der Waals surface area (Å²) < 4.78 is 6.20. The van der Waals surface area contributed by atoms with Crippen molar-refractivity contribution in [2.75, 3.05) is 0 Å². The van der Waals surface area contributed by atoms with Crippen molar-refractivity contribution in [2.45, 2.75) is 12.8 Å².